The largest absolute Gasteiger partial charge is 0.527 e. The second kappa shape index (κ2) is 2.76. The van der Waals surface area contributed by atoms with Crippen molar-refractivity contribution in [2.45, 2.75) is 13.2 Å². The molecule has 0 aliphatic carbocycles. The highest BCUT2D eigenvalue weighted by Gasteiger charge is 2.31. The molecule has 2 rings (SSSR count). The van der Waals surface area contributed by atoms with Crippen molar-refractivity contribution < 1.29 is 17.7 Å². The van der Waals surface area contributed by atoms with Gasteiger partial charge in [0, 0.05) is 12.7 Å². The summed E-state index contributed by atoms with van der Waals surface area (Å²) < 4.78 is 43.3. The van der Waals surface area contributed by atoms with Crippen LogP contribution in [0.1, 0.15) is 5.82 Å². The predicted molar refractivity (Wildman–Crippen MR) is 40.6 cm³/mol. The van der Waals surface area contributed by atoms with E-state index < -0.39 is 12.6 Å². The van der Waals surface area contributed by atoms with Gasteiger partial charge >= 0.3 is 6.98 Å². The molecule has 0 amide bonds. The van der Waals surface area contributed by atoms with Crippen LogP contribution in [0.2, 0.25) is 0 Å². The molecule has 1 aliphatic rings. The molecule has 0 saturated carbocycles. The Labute approximate surface area is 72.6 Å². The molecule has 13 heavy (non-hydrogen) atoms. The van der Waals surface area contributed by atoms with Crippen molar-refractivity contribution >= 4 is 12.6 Å². The van der Waals surface area contributed by atoms with E-state index in [2.05, 4.69) is 4.98 Å². The number of rotatable bonds is 1. The number of hydrogen-bond acceptors (Lipinski definition) is 2. The van der Waals surface area contributed by atoms with Crippen LogP contribution in [-0.2, 0) is 17.9 Å². The zero-order valence-electron chi connectivity index (χ0n) is 6.71. The van der Waals surface area contributed by atoms with Crippen molar-refractivity contribution in [3.63, 3.8) is 0 Å². The third-order valence-electron chi connectivity index (χ3n) is 1.99. The van der Waals surface area contributed by atoms with Crippen LogP contribution < -0.4 is 5.59 Å². The number of nitrogens with zero attached hydrogens (tertiary/aromatic N) is 2. The smallest absolute Gasteiger partial charge is 0.444 e. The maximum absolute atomic E-state index is 12.4. The van der Waals surface area contributed by atoms with Crippen LogP contribution in [0.4, 0.5) is 12.9 Å². The molecule has 1 aromatic heterocycles. The minimum absolute atomic E-state index is 0.173. The Morgan fingerprint density at radius 3 is 2.92 bits per heavy atom. The van der Waals surface area contributed by atoms with Gasteiger partial charge in [0.2, 0.25) is 0 Å². The second-order valence-electron chi connectivity index (χ2n) is 2.88. The summed E-state index contributed by atoms with van der Waals surface area (Å²) in [5.41, 5.74) is -0.627. The van der Waals surface area contributed by atoms with Gasteiger partial charge in [-0.05, 0) is 5.59 Å². The molecule has 3 nitrogen and oxygen atoms in total. The van der Waals surface area contributed by atoms with Crippen LogP contribution in [0, 0.1) is 0 Å². The molecular formula is C6H7BF3N2O-. The lowest BCUT2D eigenvalue weighted by Crippen LogP contribution is -2.41. The van der Waals surface area contributed by atoms with E-state index in [1.807, 2.05) is 0 Å². The zero-order valence-corrected chi connectivity index (χ0v) is 6.71. The first-order chi connectivity index (χ1) is 6.09. The highest BCUT2D eigenvalue weighted by molar-refractivity contribution is 6.72. The van der Waals surface area contributed by atoms with Crippen LogP contribution in [0.3, 0.4) is 0 Å². The Balaban J connectivity index is 2.43. The van der Waals surface area contributed by atoms with Crippen molar-refractivity contribution in [3.05, 3.63) is 12.0 Å². The van der Waals surface area contributed by atoms with E-state index in [0.717, 1.165) is 6.20 Å². The number of hydrogen-bond donors (Lipinski definition) is 0. The van der Waals surface area contributed by atoms with Crippen LogP contribution in [0.5, 0.6) is 0 Å². The molecular weight excluding hydrogens is 184 g/mol. The van der Waals surface area contributed by atoms with Crippen molar-refractivity contribution in [2.24, 2.45) is 0 Å². The molecule has 0 aromatic carbocycles. The summed E-state index contributed by atoms with van der Waals surface area (Å²) in [4.78, 5) is 3.66. The fourth-order valence-electron chi connectivity index (χ4n) is 1.38. The molecule has 0 atom stereocenters. The molecule has 0 N–H and O–H groups in total. The van der Waals surface area contributed by atoms with Gasteiger partial charge in [-0.15, -0.1) is 0 Å². The third kappa shape index (κ3) is 1.43. The lowest BCUT2D eigenvalue weighted by Gasteiger charge is -2.22. The molecule has 0 saturated heterocycles. The van der Waals surface area contributed by atoms with E-state index in [-0.39, 0.29) is 13.2 Å². The average molecular weight is 191 g/mol. The summed E-state index contributed by atoms with van der Waals surface area (Å²) in [5, 5.41) is 0. The third-order valence-corrected chi connectivity index (χ3v) is 1.99. The van der Waals surface area contributed by atoms with E-state index in [4.69, 9.17) is 4.74 Å². The van der Waals surface area contributed by atoms with Crippen LogP contribution in [-0.4, -0.2) is 23.1 Å². The number of fused-ring (bicyclic) bond motifs is 1. The summed E-state index contributed by atoms with van der Waals surface area (Å²) in [6, 6.07) is 0. The molecule has 7 heteroatoms. The van der Waals surface area contributed by atoms with E-state index in [1.165, 1.54) is 4.57 Å². The van der Waals surface area contributed by atoms with Gasteiger partial charge in [-0.2, -0.15) is 0 Å². The molecule has 0 radical (unpaired) electrons. The van der Waals surface area contributed by atoms with Crippen molar-refractivity contribution in [1.82, 2.24) is 9.55 Å². The Morgan fingerprint density at radius 2 is 2.23 bits per heavy atom. The Hall–Kier alpha value is -0.975. The van der Waals surface area contributed by atoms with Crippen molar-refractivity contribution in [3.8, 4) is 0 Å². The van der Waals surface area contributed by atoms with Gasteiger partial charge in [0.05, 0.1) is 6.61 Å². The maximum atomic E-state index is 12.4. The van der Waals surface area contributed by atoms with Gasteiger partial charge in [-0.3, -0.25) is 0 Å². The molecule has 1 aromatic rings. The number of halogens is 3. The van der Waals surface area contributed by atoms with E-state index >= 15 is 0 Å². The van der Waals surface area contributed by atoms with Gasteiger partial charge in [-0.25, -0.2) is 4.98 Å². The summed E-state index contributed by atoms with van der Waals surface area (Å²) in [5.74, 6) is 0.362. The fraction of sp³-hybridized carbons (Fsp3) is 0.500. The van der Waals surface area contributed by atoms with Gasteiger partial charge < -0.3 is 22.3 Å². The summed E-state index contributed by atoms with van der Waals surface area (Å²) in [7, 11) is 0. The number of imidazole rings is 1. The normalized spacial score (nSPS) is 17.2. The molecule has 2 heterocycles. The topological polar surface area (TPSA) is 27.1 Å². The van der Waals surface area contributed by atoms with Crippen molar-refractivity contribution in [2.75, 3.05) is 6.61 Å². The molecule has 0 bridgehead atoms. The highest BCUT2D eigenvalue weighted by Crippen LogP contribution is 2.13. The minimum Gasteiger partial charge on any atom is -0.444 e. The first-order valence-corrected chi connectivity index (χ1v) is 3.91. The quantitative estimate of drug-likeness (QED) is 0.603. The summed E-state index contributed by atoms with van der Waals surface area (Å²) >= 11 is 0. The van der Waals surface area contributed by atoms with Gasteiger partial charge in [0.25, 0.3) is 0 Å². The summed E-state index contributed by atoms with van der Waals surface area (Å²) in [6.07, 6.45) is 0.879. The van der Waals surface area contributed by atoms with Crippen LogP contribution in [0.25, 0.3) is 0 Å². The SMILES string of the molecule is F[B-](F)(F)c1cnc2n1CCOC2. The van der Waals surface area contributed by atoms with Crippen LogP contribution in [0.15, 0.2) is 6.20 Å². The van der Waals surface area contributed by atoms with Gasteiger partial charge in [-0.1, -0.05) is 0 Å². The predicted octanol–water partition coefficient (Wildman–Crippen LogP) is 0.468. The van der Waals surface area contributed by atoms with E-state index in [9.17, 15) is 12.9 Å². The fourth-order valence-corrected chi connectivity index (χ4v) is 1.38. The Bertz CT molecular complexity index is 322. The van der Waals surface area contributed by atoms with E-state index in [0.29, 0.717) is 12.4 Å². The lowest BCUT2D eigenvalue weighted by atomic mass is 9.86. The monoisotopic (exact) mass is 191 g/mol. The first kappa shape index (κ1) is 8.62. The minimum atomic E-state index is -4.95. The van der Waals surface area contributed by atoms with Gasteiger partial charge in [0.1, 0.15) is 12.4 Å². The average Bonchev–Trinajstić information content (AvgIpc) is 2.45. The highest BCUT2D eigenvalue weighted by atomic mass is 19.4. The zero-order chi connectivity index (χ0) is 9.47. The maximum Gasteiger partial charge on any atom is 0.527 e. The molecule has 72 valence electrons. The number of ether oxygens (including phenoxy) is 1. The standard InChI is InChI=1S/C6H7BF3N2O/c8-7(9,10)5-3-11-6-4-13-2-1-12(5)6/h3H,1-2,4H2/q-1. The number of aromatic nitrogens is 2. The Morgan fingerprint density at radius 1 is 1.46 bits per heavy atom. The molecule has 0 unspecified atom stereocenters. The second-order valence-corrected chi connectivity index (χ2v) is 2.88. The lowest BCUT2D eigenvalue weighted by molar-refractivity contribution is 0.0823. The molecule has 1 aliphatic heterocycles. The van der Waals surface area contributed by atoms with Crippen molar-refractivity contribution in [1.29, 1.82) is 0 Å². The van der Waals surface area contributed by atoms with E-state index in [1.54, 1.807) is 0 Å². The summed E-state index contributed by atoms with van der Waals surface area (Å²) in [6.45, 7) is -4.21. The van der Waals surface area contributed by atoms with Gasteiger partial charge in [0.15, 0.2) is 0 Å². The first-order valence-electron chi connectivity index (χ1n) is 3.91. The molecule has 0 fully saturated rings. The van der Waals surface area contributed by atoms with Crippen LogP contribution >= 0.6 is 0 Å². The molecule has 0 spiro atoms. The Kier molecular flexibility index (Phi) is 1.83.